The Balaban J connectivity index is 1.35. The van der Waals surface area contributed by atoms with Crippen LogP contribution < -0.4 is 19.9 Å². The van der Waals surface area contributed by atoms with Gasteiger partial charge in [0.05, 0.1) is 28.9 Å². The van der Waals surface area contributed by atoms with Gasteiger partial charge in [-0.3, -0.25) is 4.79 Å². The molecule has 0 amide bonds. The zero-order chi connectivity index (χ0) is 27.9. The van der Waals surface area contributed by atoms with E-state index in [2.05, 4.69) is 5.10 Å². The lowest BCUT2D eigenvalue weighted by Crippen LogP contribution is -2.49. The van der Waals surface area contributed by atoms with Crippen molar-refractivity contribution in [2.75, 3.05) is 37.9 Å². The molecule has 0 N–H and O–H groups in total. The van der Waals surface area contributed by atoms with Crippen LogP contribution in [0, 0.1) is 11.6 Å². The molecule has 1 saturated heterocycles. The maximum absolute atomic E-state index is 14.0. The quantitative estimate of drug-likeness (QED) is 0.352. The van der Waals surface area contributed by atoms with E-state index in [1.54, 1.807) is 42.5 Å². The molecule has 2 aliphatic heterocycles. The summed E-state index contributed by atoms with van der Waals surface area (Å²) < 4.78 is 67.4. The van der Waals surface area contributed by atoms with Gasteiger partial charge in [0.2, 0.25) is 16.8 Å². The van der Waals surface area contributed by atoms with Crippen LogP contribution in [0.25, 0.3) is 16.8 Å². The summed E-state index contributed by atoms with van der Waals surface area (Å²) in [4.78, 5) is 15.7. The van der Waals surface area contributed by atoms with Crippen LogP contribution in [-0.2, 0) is 15.8 Å². The predicted octanol–water partition coefficient (Wildman–Crippen LogP) is 3.56. The number of piperazine rings is 1. The molecule has 0 unspecified atom stereocenters. The van der Waals surface area contributed by atoms with Crippen molar-refractivity contribution >= 4 is 15.7 Å². The molecule has 1 fully saturated rings. The molecule has 12 heteroatoms. The Labute approximate surface area is 228 Å². The lowest BCUT2D eigenvalue weighted by Gasteiger charge is -2.36. The van der Waals surface area contributed by atoms with Gasteiger partial charge in [-0.25, -0.2) is 17.2 Å². The molecule has 0 aliphatic carbocycles. The topological polar surface area (TPSA) is 94.0 Å². The summed E-state index contributed by atoms with van der Waals surface area (Å²) >= 11 is 0. The minimum Gasteiger partial charge on any atom is -0.454 e. The standard InChI is InChI=1S/C28H24F2N4O5S/c29-21-13-22(30)15-23(14-21)34-28(35)27(20-6-7-25-26(12-20)39-18-38-25)24(16-31-34)32-8-10-33(11-9-32)40(36,37)17-19-4-2-1-3-5-19/h1-7,12-16H,8-11,17-18H2. The van der Waals surface area contributed by atoms with E-state index in [4.69, 9.17) is 9.47 Å². The molecular formula is C28H24F2N4O5S. The van der Waals surface area contributed by atoms with E-state index in [0.29, 0.717) is 47.5 Å². The van der Waals surface area contributed by atoms with Gasteiger partial charge in [-0.2, -0.15) is 14.1 Å². The Morgan fingerprint density at radius 2 is 1.55 bits per heavy atom. The first kappa shape index (κ1) is 26.0. The van der Waals surface area contributed by atoms with Crippen molar-refractivity contribution in [2.45, 2.75) is 5.75 Å². The smallest absolute Gasteiger partial charge is 0.281 e. The fraction of sp³-hybridized carbons (Fsp3) is 0.214. The summed E-state index contributed by atoms with van der Waals surface area (Å²) in [6, 6.07) is 16.8. The van der Waals surface area contributed by atoms with E-state index in [1.807, 2.05) is 11.0 Å². The Hall–Kier alpha value is -4.29. The SMILES string of the molecule is O=c1c(-c2ccc3c(c2)OCO3)c(N2CCN(S(=O)(=O)Cc3ccccc3)CC2)cnn1-c1cc(F)cc(F)c1. The number of sulfonamides is 1. The summed E-state index contributed by atoms with van der Waals surface area (Å²) in [5, 5.41) is 4.23. The van der Waals surface area contributed by atoms with Crippen LogP contribution >= 0.6 is 0 Å². The van der Waals surface area contributed by atoms with Gasteiger partial charge in [0.1, 0.15) is 11.6 Å². The first-order valence-corrected chi connectivity index (χ1v) is 14.1. The van der Waals surface area contributed by atoms with Crippen LogP contribution in [0.3, 0.4) is 0 Å². The maximum Gasteiger partial charge on any atom is 0.281 e. The van der Waals surface area contributed by atoms with Crippen LogP contribution in [0.1, 0.15) is 5.56 Å². The fourth-order valence-corrected chi connectivity index (χ4v) is 6.45. The van der Waals surface area contributed by atoms with Crippen molar-refractivity contribution in [3.63, 3.8) is 0 Å². The third-order valence-electron chi connectivity index (χ3n) is 6.88. The molecule has 9 nitrogen and oxygen atoms in total. The minimum atomic E-state index is -3.55. The number of ether oxygens (including phenoxy) is 2. The van der Waals surface area contributed by atoms with E-state index in [1.165, 1.54) is 10.5 Å². The lowest BCUT2D eigenvalue weighted by atomic mass is 10.0. The van der Waals surface area contributed by atoms with Crippen molar-refractivity contribution in [1.29, 1.82) is 0 Å². The van der Waals surface area contributed by atoms with Crippen LogP contribution in [-0.4, -0.2) is 55.5 Å². The van der Waals surface area contributed by atoms with Gasteiger partial charge in [0, 0.05) is 32.2 Å². The second kappa shape index (κ2) is 10.4. The second-order valence-electron chi connectivity index (χ2n) is 9.45. The molecule has 40 heavy (non-hydrogen) atoms. The van der Waals surface area contributed by atoms with Gasteiger partial charge in [-0.05, 0) is 35.4 Å². The Morgan fingerprint density at radius 1 is 0.850 bits per heavy atom. The molecule has 1 aromatic heterocycles. The highest BCUT2D eigenvalue weighted by molar-refractivity contribution is 7.88. The van der Waals surface area contributed by atoms with Crippen molar-refractivity contribution in [2.24, 2.45) is 0 Å². The maximum atomic E-state index is 14.0. The number of rotatable bonds is 6. The van der Waals surface area contributed by atoms with Crippen LogP contribution in [0.2, 0.25) is 0 Å². The number of nitrogens with zero attached hydrogens (tertiary/aromatic N) is 4. The zero-order valence-corrected chi connectivity index (χ0v) is 22.0. The van der Waals surface area contributed by atoms with Crippen molar-refractivity contribution in [1.82, 2.24) is 14.1 Å². The Bertz CT molecular complexity index is 1720. The minimum absolute atomic E-state index is 0.0498. The molecule has 2 aliphatic rings. The highest BCUT2D eigenvalue weighted by Crippen LogP contribution is 2.38. The molecule has 3 heterocycles. The number of hydrogen-bond acceptors (Lipinski definition) is 7. The third kappa shape index (κ3) is 5.03. The third-order valence-corrected chi connectivity index (χ3v) is 8.73. The van der Waals surface area contributed by atoms with Gasteiger partial charge >= 0.3 is 0 Å². The Kier molecular flexibility index (Phi) is 6.72. The molecule has 206 valence electrons. The van der Waals surface area contributed by atoms with E-state index >= 15 is 0 Å². The van der Waals surface area contributed by atoms with Crippen molar-refractivity contribution < 1.29 is 26.7 Å². The monoisotopic (exact) mass is 566 g/mol. The number of halogens is 2. The average molecular weight is 567 g/mol. The molecule has 3 aromatic carbocycles. The first-order valence-electron chi connectivity index (χ1n) is 12.5. The number of fused-ring (bicyclic) bond motifs is 1. The van der Waals surface area contributed by atoms with E-state index in [-0.39, 0.29) is 36.9 Å². The first-order chi connectivity index (χ1) is 19.3. The second-order valence-corrected chi connectivity index (χ2v) is 11.4. The van der Waals surface area contributed by atoms with E-state index in [9.17, 15) is 22.0 Å². The number of hydrogen-bond donors (Lipinski definition) is 0. The summed E-state index contributed by atoms with van der Waals surface area (Å²) in [6.45, 7) is 1.10. The molecule has 6 rings (SSSR count). The summed E-state index contributed by atoms with van der Waals surface area (Å²) in [7, 11) is -3.55. The average Bonchev–Trinajstić information content (AvgIpc) is 3.41. The van der Waals surface area contributed by atoms with Gasteiger partial charge in [0.25, 0.3) is 5.56 Å². The molecule has 0 spiro atoms. The van der Waals surface area contributed by atoms with Gasteiger partial charge in [-0.1, -0.05) is 36.4 Å². The number of anilines is 1. The highest BCUT2D eigenvalue weighted by atomic mass is 32.2. The molecular weight excluding hydrogens is 542 g/mol. The largest absolute Gasteiger partial charge is 0.454 e. The van der Waals surface area contributed by atoms with Crippen LogP contribution in [0.5, 0.6) is 11.5 Å². The summed E-state index contributed by atoms with van der Waals surface area (Å²) in [5.41, 5.74) is 1.25. The molecule has 0 bridgehead atoms. The summed E-state index contributed by atoms with van der Waals surface area (Å²) in [5.74, 6) is -0.794. The molecule has 0 radical (unpaired) electrons. The number of benzene rings is 3. The van der Waals surface area contributed by atoms with Crippen LogP contribution in [0.15, 0.2) is 77.7 Å². The van der Waals surface area contributed by atoms with Gasteiger partial charge < -0.3 is 14.4 Å². The summed E-state index contributed by atoms with van der Waals surface area (Å²) in [6.07, 6.45) is 1.46. The number of aromatic nitrogens is 2. The molecule has 0 atom stereocenters. The predicted molar refractivity (Wildman–Crippen MR) is 144 cm³/mol. The van der Waals surface area contributed by atoms with Gasteiger partial charge in [-0.15, -0.1) is 0 Å². The molecule has 0 saturated carbocycles. The Morgan fingerprint density at radius 3 is 2.27 bits per heavy atom. The molecule has 4 aromatic rings. The van der Waals surface area contributed by atoms with Gasteiger partial charge in [0.15, 0.2) is 11.5 Å². The van der Waals surface area contributed by atoms with Crippen molar-refractivity contribution in [3.05, 3.63) is 100 Å². The lowest BCUT2D eigenvalue weighted by molar-refractivity contribution is 0.174. The van der Waals surface area contributed by atoms with E-state index < -0.39 is 27.2 Å². The van der Waals surface area contributed by atoms with E-state index in [0.717, 1.165) is 16.8 Å². The fourth-order valence-electron chi connectivity index (χ4n) is 4.94. The highest BCUT2D eigenvalue weighted by Gasteiger charge is 2.30. The normalized spacial score (nSPS) is 15.4. The van der Waals surface area contributed by atoms with Crippen molar-refractivity contribution in [3.8, 4) is 28.3 Å². The van der Waals surface area contributed by atoms with Crippen LogP contribution in [0.4, 0.5) is 14.5 Å². The zero-order valence-electron chi connectivity index (χ0n) is 21.2.